The van der Waals surface area contributed by atoms with Crippen molar-refractivity contribution in [2.75, 3.05) is 19.0 Å². The number of nitrogens with one attached hydrogen (secondary N) is 1. The summed E-state index contributed by atoms with van der Waals surface area (Å²) in [7, 11) is 1.66. The molecule has 21 heavy (non-hydrogen) atoms. The number of nitrogens with zero attached hydrogens (tertiary/aromatic N) is 3. The predicted molar refractivity (Wildman–Crippen MR) is 79.8 cm³/mol. The number of nitro benzene ring substituents is 1. The van der Waals surface area contributed by atoms with Crippen LogP contribution in [-0.4, -0.2) is 28.4 Å². The number of anilines is 2. The first-order chi connectivity index (χ1) is 10.1. The lowest BCUT2D eigenvalue weighted by Gasteiger charge is -2.05. The number of ether oxygens (including phenoxy) is 1. The maximum Gasteiger partial charge on any atom is 0.292 e. The van der Waals surface area contributed by atoms with Gasteiger partial charge in [-0.15, -0.1) is 0 Å². The number of benzene rings is 1. The van der Waals surface area contributed by atoms with Crippen LogP contribution in [0, 0.1) is 17.0 Å². The minimum absolute atomic E-state index is 0.0453. The van der Waals surface area contributed by atoms with Gasteiger partial charge in [0.05, 0.1) is 4.92 Å². The normalized spacial score (nSPS) is 10.6. The molecule has 0 spiro atoms. The Kier molecular flexibility index (Phi) is 4.89. The highest BCUT2D eigenvalue weighted by Gasteiger charge is 2.14. The average molecular weight is 290 g/mol. The first kappa shape index (κ1) is 15.0. The number of methoxy groups -OCH3 is 1. The molecule has 7 heteroatoms. The van der Waals surface area contributed by atoms with E-state index >= 15 is 0 Å². The zero-order valence-corrected chi connectivity index (χ0v) is 12.1. The quantitative estimate of drug-likeness (QED) is 0.481. The summed E-state index contributed by atoms with van der Waals surface area (Å²) in [5.74, 6) is 0.583. The van der Waals surface area contributed by atoms with E-state index in [-0.39, 0.29) is 5.69 Å². The average Bonchev–Trinajstić information content (AvgIpc) is 2.88. The lowest BCUT2D eigenvalue weighted by atomic mass is 10.2. The second-order valence-corrected chi connectivity index (χ2v) is 4.71. The van der Waals surface area contributed by atoms with E-state index in [4.69, 9.17) is 4.74 Å². The van der Waals surface area contributed by atoms with Crippen LogP contribution in [0.1, 0.15) is 12.0 Å². The number of aromatic nitrogens is 2. The SMILES string of the molecule is COCCCn1ccc(Nc2ccc(C)cc2[N+](=O)[O-])n1. The van der Waals surface area contributed by atoms with Crippen molar-refractivity contribution in [3.63, 3.8) is 0 Å². The van der Waals surface area contributed by atoms with Crippen LogP contribution in [0.3, 0.4) is 0 Å². The Labute approximate surface area is 122 Å². The highest BCUT2D eigenvalue weighted by molar-refractivity contribution is 5.68. The first-order valence-corrected chi connectivity index (χ1v) is 6.64. The van der Waals surface area contributed by atoms with Gasteiger partial charge < -0.3 is 10.1 Å². The monoisotopic (exact) mass is 290 g/mol. The summed E-state index contributed by atoms with van der Waals surface area (Å²) < 4.78 is 6.77. The van der Waals surface area contributed by atoms with E-state index in [2.05, 4.69) is 10.4 Å². The van der Waals surface area contributed by atoms with Gasteiger partial charge in [-0.3, -0.25) is 14.8 Å². The third-order valence-corrected chi connectivity index (χ3v) is 2.99. The largest absolute Gasteiger partial charge is 0.385 e. The van der Waals surface area contributed by atoms with Gasteiger partial charge in [0, 0.05) is 38.6 Å². The van der Waals surface area contributed by atoms with E-state index in [1.54, 1.807) is 23.9 Å². The Balaban J connectivity index is 2.10. The second kappa shape index (κ2) is 6.85. The van der Waals surface area contributed by atoms with Gasteiger partial charge in [0.25, 0.3) is 5.69 Å². The fourth-order valence-electron chi connectivity index (χ4n) is 1.96. The van der Waals surface area contributed by atoms with Crippen molar-refractivity contribution in [3.8, 4) is 0 Å². The fraction of sp³-hybridized carbons (Fsp3) is 0.357. The van der Waals surface area contributed by atoms with Crippen LogP contribution >= 0.6 is 0 Å². The molecular weight excluding hydrogens is 272 g/mol. The Hall–Kier alpha value is -2.41. The van der Waals surface area contributed by atoms with Crippen molar-refractivity contribution in [1.82, 2.24) is 9.78 Å². The third kappa shape index (κ3) is 4.03. The minimum Gasteiger partial charge on any atom is -0.385 e. The van der Waals surface area contributed by atoms with Crippen LogP contribution in [0.4, 0.5) is 17.2 Å². The highest BCUT2D eigenvalue weighted by atomic mass is 16.6. The highest BCUT2D eigenvalue weighted by Crippen LogP contribution is 2.27. The number of hydrogen-bond donors (Lipinski definition) is 1. The predicted octanol–water partition coefficient (Wildman–Crippen LogP) is 2.88. The molecule has 1 heterocycles. The molecule has 1 aromatic heterocycles. The number of hydrogen-bond acceptors (Lipinski definition) is 5. The molecule has 1 N–H and O–H groups in total. The molecule has 0 saturated carbocycles. The smallest absolute Gasteiger partial charge is 0.292 e. The van der Waals surface area contributed by atoms with Crippen molar-refractivity contribution >= 4 is 17.2 Å². The van der Waals surface area contributed by atoms with Crippen molar-refractivity contribution in [3.05, 3.63) is 46.1 Å². The molecule has 0 bridgehead atoms. The van der Waals surface area contributed by atoms with E-state index in [1.807, 2.05) is 19.2 Å². The molecular formula is C14H18N4O3. The summed E-state index contributed by atoms with van der Waals surface area (Å²) >= 11 is 0. The molecule has 2 rings (SSSR count). The van der Waals surface area contributed by atoms with Crippen LogP contribution in [0.2, 0.25) is 0 Å². The molecule has 0 amide bonds. The van der Waals surface area contributed by atoms with Gasteiger partial charge in [-0.2, -0.15) is 5.10 Å². The molecule has 7 nitrogen and oxygen atoms in total. The van der Waals surface area contributed by atoms with E-state index < -0.39 is 4.92 Å². The van der Waals surface area contributed by atoms with Gasteiger partial charge in [0.15, 0.2) is 5.82 Å². The summed E-state index contributed by atoms with van der Waals surface area (Å²) in [6.45, 7) is 3.23. The fourth-order valence-corrected chi connectivity index (χ4v) is 1.96. The van der Waals surface area contributed by atoms with Crippen LogP contribution in [0.15, 0.2) is 30.5 Å². The zero-order chi connectivity index (χ0) is 15.2. The topological polar surface area (TPSA) is 82.2 Å². The first-order valence-electron chi connectivity index (χ1n) is 6.64. The lowest BCUT2D eigenvalue weighted by molar-refractivity contribution is -0.384. The summed E-state index contributed by atoms with van der Waals surface area (Å²) in [5, 5.41) is 18.4. The molecule has 0 unspecified atom stereocenters. The van der Waals surface area contributed by atoms with Gasteiger partial charge in [-0.25, -0.2) is 0 Å². The van der Waals surface area contributed by atoms with E-state index in [9.17, 15) is 10.1 Å². The molecule has 0 atom stereocenters. The Morgan fingerprint density at radius 2 is 2.24 bits per heavy atom. The molecule has 0 radical (unpaired) electrons. The number of aryl methyl sites for hydroxylation is 2. The van der Waals surface area contributed by atoms with Crippen LogP contribution in [0.5, 0.6) is 0 Å². The van der Waals surface area contributed by atoms with Gasteiger partial charge in [0.1, 0.15) is 5.69 Å². The van der Waals surface area contributed by atoms with Crippen LogP contribution in [0.25, 0.3) is 0 Å². The van der Waals surface area contributed by atoms with Crippen molar-refractivity contribution < 1.29 is 9.66 Å². The molecule has 0 aliphatic carbocycles. The molecule has 0 saturated heterocycles. The van der Waals surface area contributed by atoms with E-state index in [0.717, 1.165) is 18.5 Å². The van der Waals surface area contributed by atoms with Crippen molar-refractivity contribution in [1.29, 1.82) is 0 Å². The molecule has 1 aromatic carbocycles. The molecule has 112 valence electrons. The van der Waals surface area contributed by atoms with Crippen LogP contribution < -0.4 is 5.32 Å². The van der Waals surface area contributed by atoms with Crippen LogP contribution in [-0.2, 0) is 11.3 Å². The third-order valence-electron chi connectivity index (χ3n) is 2.99. The van der Waals surface area contributed by atoms with Gasteiger partial charge in [-0.05, 0) is 25.0 Å². The number of nitro groups is 1. The van der Waals surface area contributed by atoms with Gasteiger partial charge in [-0.1, -0.05) is 6.07 Å². The molecule has 2 aromatic rings. The minimum atomic E-state index is -0.398. The summed E-state index contributed by atoms with van der Waals surface area (Å²) in [5.41, 5.74) is 1.33. The summed E-state index contributed by atoms with van der Waals surface area (Å²) in [4.78, 5) is 10.7. The standard InChI is InChI=1S/C14H18N4O3/c1-11-4-5-12(13(10-11)18(19)20)15-14-6-8-17(16-14)7-3-9-21-2/h4-6,8,10H,3,7,9H2,1-2H3,(H,15,16). The second-order valence-electron chi connectivity index (χ2n) is 4.71. The van der Waals surface area contributed by atoms with Crippen molar-refractivity contribution in [2.45, 2.75) is 19.9 Å². The Morgan fingerprint density at radius 1 is 1.43 bits per heavy atom. The zero-order valence-electron chi connectivity index (χ0n) is 12.1. The molecule has 0 aliphatic heterocycles. The van der Waals surface area contributed by atoms with Gasteiger partial charge >= 0.3 is 0 Å². The Bertz CT molecular complexity index is 624. The van der Waals surface area contributed by atoms with Gasteiger partial charge in [0.2, 0.25) is 0 Å². The summed E-state index contributed by atoms with van der Waals surface area (Å²) in [6.07, 6.45) is 2.69. The maximum absolute atomic E-state index is 11.1. The maximum atomic E-state index is 11.1. The molecule has 0 fully saturated rings. The van der Waals surface area contributed by atoms with Crippen molar-refractivity contribution in [2.24, 2.45) is 0 Å². The molecule has 0 aliphatic rings. The lowest BCUT2D eigenvalue weighted by Crippen LogP contribution is -2.03. The van der Waals surface area contributed by atoms with E-state index in [1.165, 1.54) is 6.07 Å². The number of rotatable bonds is 7. The van der Waals surface area contributed by atoms with E-state index in [0.29, 0.717) is 18.1 Å². The Morgan fingerprint density at radius 3 is 2.95 bits per heavy atom. The summed E-state index contributed by atoms with van der Waals surface area (Å²) in [6, 6.07) is 6.84.